The first-order valence-electron chi connectivity index (χ1n) is 9.42. The molecule has 1 saturated carbocycles. The summed E-state index contributed by atoms with van der Waals surface area (Å²) in [7, 11) is 1.59. The third-order valence-electron chi connectivity index (χ3n) is 5.70. The summed E-state index contributed by atoms with van der Waals surface area (Å²) < 4.78 is 46.5. The molecule has 152 valence electrons. The number of rotatable bonds is 4. The number of alkyl halides is 2. The molecule has 2 aliphatic heterocycles. The molecule has 1 fully saturated rings. The lowest BCUT2D eigenvalue weighted by atomic mass is 9.92. The zero-order valence-electron chi connectivity index (χ0n) is 15.7. The van der Waals surface area contributed by atoms with Crippen molar-refractivity contribution in [3.05, 3.63) is 47.5 Å². The summed E-state index contributed by atoms with van der Waals surface area (Å²) >= 11 is 0. The molecule has 2 aromatic rings. The van der Waals surface area contributed by atoms with E-state index in [4.69, 9.17) is 9.47 Å². The molecule has 2 aromatic carbocycles. The smallest absolute Gasteiger partial charge is 0.497 e. The summed E-state index contributed by atoms with van der Waals surface area (Å²) in [6.07, 6.45) is -1.73. The molecular weight excluding hydrogens is 384 g/mol. The second kappa shape index (κ2) is 6.23. The molecule has 8 heteroatoms. The molecule has 0 saturated heterocycles. The maximum absolute atomic E-state index is 13.3. The zero-order chi connectivity index (χ0) is 20.2. The Balaban J connectivity index is 1.37. The van der Waals surface area contributed by atoms with Crippen molar-refractivity contribution in [2.75, 3.05) is 13.7 Å². The fourth-order valence-corrected chi connectivity index (χ4v) is 3.96. The molecule has 29 heavy (non-hydrogen) atoms. The van der Waals surface area contributed by atoms with Gasteiger partial charge in [0.1, 0.15) is 11.5 Å². The summed E-state index contributed by atoms with van der Waals surface area (Å²) in [6.45, 7) is 0.483. The van der Waals surface area contributed by atoms with Crippen LogP contribution in [0.2, 0.25) is 0 Å². The second-order valence-corrected chi connectivity index (χ2v) is 7.48. The number of benzene rings is 2. The number of methoxy groups -OCH3 is 1. The molecule has 6 nitrogen and oxygen atoms in total. The quantitative estimate of drug-likeness (QED) is 0.844. The highest BCUT2D eigenvalue weighted by atomic mass is 19.3. The molecule has 0 bridgehead atoms. The number of halogens is 2. The van der Waals surface area contributed by atoms with Gasteiger partial charge in [-0.25, -0.2) is 0 Å². The number of fused-ring (bicyclic) bond motifs is 2. The number of hydrogen-bond acceptors (Lipinski definition) is 5. The highest BCUT2D eigenvalue weighted by Crippen LogP contribution is 2.52. The lowest BCUT2D eigenvalue weighted by Gasteiger charge is -2.28. The molecule has 1 N–H and O–H groups in total. The molecule has 0 spiro atoms. The zero-order valence-corrected chi connectivity index (χ0v) is 15.7. The lowest BCUT2D eigenvalue weighted by Crippen LogP contribution is -2.39. The van der Waals surface area contributed by atoms with E-state index in [0.29, 0.717) is 42.9 Å². The Bertz CT molecular complexity index is 989. The highest BCUT2D eigenvalue weighted by Gasteiger charge is 2.53. The minimum absolute atomic E-state index is 0.0257. The largest absolute Gasteiger partial charge is 0.586 e. The molecule has 0 aromatic heterocycles. The van der Waals surface area contributed by atoms with Gasteiger partial charge in [0, 0.05) is 18.1 Å². The molecule has 1 unspecified atom stereocenters. The van der Waals surface area contributed by atoms with Crippen molar-refractivity contribution < 1.29 is 32.5 Å². The van der Waals surface area contributed by atoms with Gasteiger partial charge in [0.15, 0.2) is 11.5 Å². The summed E-state index contributed by atoms with van der Waals surface area (Å²) in [6, 6.07) is 9.89. The highest BCUT2D eigenvalue weighted by molar-refractivity contribution is 5.92. The fourth-order valence-electron chi connectivity index (χ4n) is 3.96. The van der Waals surface area contributed by atoms with Crippen LogP contribution in [0.5, 0.6) is 23.0 Å². The number of ether oxygens (including phenoxy) is 4. The summed E-state index contributed by atoms with van der Waals surface area (Å²) in [5.41, 5.74) is 0.810. The van der Waals surface area contributed by atoms with Gasteiger partial charge in [-0.2, -0.15) is 0 Å². The van der Waals surface area contributed by atoms with Crippen molar-refractivity contribution >= 4 is 5.91 Å². The van der Waals surface area contributed by atoms with E-state index in [1.165, 1.54) is 12.1 Å². The summed E-state index contributed by atoms with van der Waals surface area (Å²) in [5, 5.41) is 3.12. The molecule has 1 aliphatic carbocycles. The number of nitrogens with one attached hydrogen (secondary N) is 1. The van der Waals surface area contributed by atoms with Crippen LogP contribution < -0.4 is 24.3 Å². The van der Waals surface area contributed by atoms with E-state index in [0.717, 1.165) is 5.56 Å². The van der Waals surface area contributed by atoms with Crippen LogP contribution in [0, 0.1) is 0 Å². The summed E-state index contributed by atoms with van der Waals surface area (Å²) in [5.74, 6) is 1.18. The van der Waals surface area contributed by atoms with Gasteiger partial charge in [0.2, 0.25) is 5.91 Å². The van der Waals surface area contributed by atoms with E-state index in [1.54, 1.807) is 19.2 Å². The van der Waals surface area contributed by atoms with E-state index in [-0.39, 0.29) is 23.4 Å². The second-order valence-electron chi connectivity index (χ2n) is 7.48. The first-order valence-corrected chi connectivity index (χ1v) is 9.42. The topological polar surface area (TPSA) is 66.0 Å². The van der Waals surface area contributed by atoms with Crippen LogP contribution >= 0.6 is 0 Å². The molecular formula is C21H19F2NO5. The number of carbonyl (C=O) groups excluding carboxylic acids is 1. The standard InChI is InChI=1S/C21H19F2NO5/c1-26-13-3-4-14-15(6-9-27-17(14)11-13)24-19(25)20(7-8-20)12-2-5-16-18(10-12)29-21(22,23)28-16/h2-5,10-11,15H,6-9H2,1H3,(H,24,25). The van der Waals surface area contributed by atoms with Gasteiger partial charge in [-0.15, -0.1) is 8.78 Å². The van der Waals surface area contributed by atoms with Crippen molar-refractivity contribution in [1.29, 1.82) is 0 Å². The molecule has 1 amide bonds. The third kappa shape index (κ3) is 3.03. The SMILES string of the molecule is COc1ccc2c(c1)OCCC2NC(=O)C1(c2ccc3c(c2)OC(F)(F)O3)CC1. The number of carbonyl (C=O) groups is 1. The Hall–Kier alpha value is -3.03. The Morgan fingerprint density at radius 2 is 1.90 bits per heavy atom. The van der Waals surface area contributed by atoms with Gasteiger partial charge in [-0.3, -0.25) is 4.79 Å². The van der Waals surface area contributed by atoms with Gasteiger partial charge in [0.25, 0.3) is 0 Å². The van der Waals surface area contributed by atoms with Gasteiger partial charge in [-0.05, 0) is 42.7 Å². The Kier molecular flexibility index (Phi) is 3.88. The van der Waals surface area contributed by atoms with Gasteiger partial charge >= 0.3 is 6.29 Å². The predicted molar refractivity (Wildman–Crippen MR) is 97.5 cm³/mol. The average Bonchev–Trinajstić information content (AvgIpc) is 3.45. The van der Waals surface area contributed by atoms with Crippen LogP contribution in [0.25, 0.3) is 0 Å². The number of amides is 1. The maximum atomic E-state index is 13.3. The van der Waals surface area contributed by atoms with Crippen molar-refractivity contribution in [2.24, 2.45) is 0 Å². The third-order valence-corrected chi connectivity index (χ3v) is 5.70. The Morgan fingerprint density at radius 3 is 2.66 bits per heavy atom. The molecule has 1 atom stereocenters. The normalized spacial score (nSPS) is 22.2. The van der Waals surface area contributed by atoms with Crippen molar-refractivity contribution in [3.8, 4) is 23.0 Å². The first kappa shape index (κ1) is 18.0. The van der Waals surface area contributed by atoms with Crippen LogP contribution in [0.1, 0.15) is 36.4 Å². The first-order chi connectivity index (χ1) is 13.9. The summed E-state index contributed by atoms with van der Waals surface area (Å²) in [4.78, 5) is 13.2. The van der Waals surface area contributed by atoms with Crippen LogP contribution in [-0.2, 0) is 10.2 Å². The molecule has 0 radical (unpaired) electrons. The lowest BCUT2D eigenvalue weighted by molar-refractivity contribution is -0.286. The Morgan fingerprint density at radius 1 is 1.10 bits per heavy atom. The monoisotopic (exact) mass is 403 g/mol. The molecule has 5 rings (SSSR count). The minimum Gasteiger partial charge on any atom is -0.497 e. The van der Waals surface area contributed by atoms with Gasteiger partial charge < -0.3 is 24.3 Å². The van der Waals surface area contributed by atoms with Crippen molar-refractivity contribution in [1.82, 2.24) is 5.32 Å². The van der Waals surface area contributed by atoms with Crippen molar-refractivity contribution in [2.45, 2.75) is 37.0 Å². The van der Waals surface area contributed by atoms with E-state index in [1.807, 2.05) is 12.1 Å². The van der Waals surface area contributed by atoms with Crippen LogP contribution in [0.4, 0.5) is 8.78 Å². The van der Waals surface area contributed by atoms with Crippen LogP contribution in [-0.4, -0.2) is 25.9 Å². The van der Waals surface area contributed by atoms with Crippen molar-refractivity contribution in [3.63, 3.8) is 0 Å². The molecule has 2 heterocycles. The Labute approximate surface area is 165 Å². The predicted octanol–water partition coefficient (Wildman–Crippen LogP) is 3.69. The fraction of sp³-hybridized carbons (Fsp3) is 0.381. The molecule has 3 aliphatic rings. The van der Waals surface area contributed by atoms with Gasteiger partial charge in [-0.1, -0.05) is 6.07 Å². The van der Waals surface area contributed by atoms with E-state index < -0.39 is 11.7 Å². The number of hydrogen-bond donors (Lipinski definition) is 1. The van der Waals surface area contributed by atoms with E-state index in [2.05, 4.69) is 14.8 Å². The minimum atomic E-state index is -3.67. The maximum Gasteiger partial charge on any atom is 0.586 e. The van der Waals surface area contributed by atoms with E-state index >= 15 is 0 Å². The average molecular weight is 403 g/mol. The van der Waals surface area contributed by atoms with E-state index in [9.17, 15) is 13.6 Å². The van der Waals surface area contributed by atoms with Gasteiger partial charge in [0.05, 0.1) is 25.2 Å². The van der Waals surface area contributed by atoms with Crippen LogP contribution in [0.3, 0.4) is 0 Å². The van der Waals surface area contributed by atoms with Crippen LogP contribution in [0.15, 0.2) is 36.4 Å².